The third kappa shape index (κ3) is 67.2. The summed E-state index contributed by atoms with van der Waals surface area (Å²) in [4.78, 5) is 24.6. The number of esters is 1. The summed E-state index contributed by atoms with van der Waals surface area (Å²) < 4.78 is 5.51. The van der Waals surface area contributed by atoms with Crippen LogP contribution in [-0.2, 0) is 14.3 Å². The van der Waals surface area contributed by atoms with Crippen LogP contribution >= 0.6 is 0 Å². The van der Waals surface area contributed by atoms with Crippen LogP contribution in [0.5, 0.6) is 0 Å². The molecule has 0 aromatic carbocycles. The van der Waals surface area contributed by atoms with Crippen molar-refractivity contribution in [3.63, 3.8) is 0 Å². The number of carbonyl (C=O) groups excluding carboxylic acids is 2. The molecule has 0 aliphatic carbocycles. The molecular formula is C76H145NO5. The zero-order valence-corrected chi connectivity index (χ0v) is 55.5. The summed E-state index contributed by atoms with van der Waals surface area (Å²) in [5.41, 5.74) is 0. The molecule has 0 bridgehead atoms. The third-order valence-electron chi connectivity index (χ3n) is 17.4. The first-order chi connectivity index (χ1) is 40.5. The summed E-state index contributed by atoms with van der Waals surface area (Å²) in [6.07, 6.45) is 92.4. The van der Waals surface area contributed by atoms with Crippen LogP contribution in [0.1, 0.15) is 412 Å². The maximum absolute atomic E-state index is 12.5. The lowest BCUT2D eigenvalue weighted by Gasteiger charge is -2.20. The Labute approximate surface area is 513 Å². The molecule has 3 N–H and O–H groups in total. The molecule has 0 aromatic heterocycles. The fraction of sp³-hybridized carbons (Fsp3) is 0.895. The Balaban J connectivity index is 3.36. The maximum atomic E-state index is 12.5. The van der Waals surface area contributed by atoms with Crippen molar-refractivity contribution < 1.29 is 24.5 Å². The lowest BCUT2D eigenvalue weighted by Crippen LogP contribution is -2.45. The number of rotatable bonds is 70. The van der Waals surface area contributed by atoms with Crippen LogP contribution in [0.25, 0.3) is 0 Å². The summed E-state index contributed by atoms with van der Waals surface area (Å²) in [6.45, 7) is 4.94. The van der Waals surface area contributed by atoms with E-state index >= 15 is 0 Å². The second-order valence-electron chi connectivity index (χ2n) is 25.6. The SMILES string of the molecule is CCCCCCCC/C=C\CCCCCCCCCCCC(=O)OCCCCCCCCCCCCCC/C=C\CCCCCCCCCCCCCCCCC(=O)NC(CO)C(O)/C=C/CCCCCCCCCCCCCCCC. The number of unbranched alkanes of at least 4 members (excludes halogenated alkanes) is 55. The largest absolute Gasteiger partial charge is 0.466 e. The molecule has 0 heterocycles. The molecule has 0 aliphatic rings. The smallest absolute Gasteiger partial charge is 0.305 e. The van der Waals surface area contributed by atoms with Gasteiger partial charge >= 0.3 is 5.97 Å². The highest BCUT2D eigenvalue weighted by atomic mass is 16.5. The van der Waals surface area contributed by atoms with Crippen molar-refractivity contribution in [2.24, 2.45) is 0 Å². The van der Waals surface area contributed by atoms with Crippen LogP contribution in [0, 0.1) is 0 Å². The van der Waals surface area contributed by atoms with E-state index in [1.807, 2.05) is 6.08 Å². The molecule has 1 amide bonds. The van der Waals surface area contributed by atoms with E-state index in [2.05, 4.69) is 43.5 Å². The van der Waals surface area contributed by atoms with Gasteiger partial charge in [-0.3, -0.25) is 9.59 Å². The van der Waals surface area contributed by atoms with Gasteiger partial charge in [-0.25, -0.2) is 0 Å². The van der Waals surface area contributed by atoms with Gasteiger partial charge in [-0.1, -0.05) is 352 Å². The number of nitrogens with one attached hydrogen (secondary N) is 1. The molecule has 82 heavy (non-hydrogen) atoms. The molecular weight excluding hydrogens is 1010 g/mol. The Morgan fingerprint density at radius 2 is 0.573 bits per heavy atom. The minimum absolute atomic E-state index is 0.0170. The van der Waals surface area contributed by atoms with Gasteiger partial charge in [0, 0.05) is 12.8 Å². The van der Waals surface area contributed by atoms with Gasteiger partial charge in [0.15, 0.2) is 0 Å². The molecule has 484 valence electrons. The standard InChI is InChI=1S/C76H145NO5/c1-3-5-7-9-11-13-15-17-19-21-34-38-42-46-50-54-58-62-66-70-76(81)82-71-67-63-59-55-51-47-43-39-36-33-31-29-27-25-23-22-24-26-28-30-32-35-37-41-45-49-53-57-61-65-69-75(80)77-73(72-78)74(79)68-64-60-56-52-48-44-40-20-18-16-14-12-10-8-6-4-2/h17,19,23,25,64,68,73-74,78-79H,3-16,18,20-22,24,26-63,65-67,69-72H2,1-2H3,(H,77,80)/b19-17-,25-23-,68-64+. The number of carbonyl (C=O) groups is 2. The van der Waals surface area contributed by atoms with Crippen LogP contribution in [0.4, 0.5) is 0 Å². The van der Waals surface area contributed by atoms with Crippen LogP contribution < -0.4 is 5.32 Å². The second-order valence-corrected chi connectivity index (χ2v) is 25.6. The van der Waals surface area contributed by atoms with E-state index < -0.39 is 12.1 Å². The van der Waals surface area contributed by atoms with Crippen molar-refractivity contribution >= 4 is 11.9 Å². The quantitative estimate of drug-likeness (QED) is 0.0320. The van der Waals surface area contributed by atoms with Gasteiger partial charge < -0.3 is 20.3 Å². The third-order valence-corrected chi connectivity index (χ3v) is 17.4. The fourth-order valence-electron chi connectivity index (χ4n) is 11.7. The first-order valence-electron chi connectivity index (χ1n) is 37.3. The number of ether oxygens (including phenoxy) is 1. The lowest BCUT2D eigenvalue weighted by atomic mass is 10.0. The molecule has 0 radical (unpaired) electrons. The van der Waals surface area contributed by atoms with Crippen molar-refractivity contribution in [1.29, 1.82) is 0 Å². The highest BCUT2D eigenvalue weighted by molar-refractivity contribution is 5.76. The van der Waals surface area contributed by atoms with Gasteiger partial charge in [0.25, 0.3) is 0 Å². The second kappa shape index (κ2) is 71.6. The Bertz CT molecular complexity index is 1330. The number of aliphatic hydroxyl groups excluding tert-OH is 2. The van der Waals surface area contributed by atoms with E-state index in [1.165, 1.54) is 347 Å². The molecule has 6 heteroatoms. The zero-order valence-electron chi connectivity index (χ0n) is 55.5. The average Bonchev–Trinajstić information content (AvgIpc) is 3.48. The molecule has 0 aliphatic heterocycles. The van der Waals surface area contributed by atoms with Crippen LogP contribution in [-0.4, -0.2) is 47.4 Å². The first-order valence-corrected chi connectivity index (χ1v) is 37.3. The topological polar surface area (TPSA) is 95.9 Å². The van der Waals surface area contributed by atoms with Gasteiger partial charge in [-0.15, -0.1) is 0 Å². The molecule has 0 spiro atoms. The van der Waals surface area contributed by atoms with Gasteiger partial charge in [-0.05, 0) is 83.5 Å². The molecule has 2 atom stereocenters. The number of hydrogen-bond donors (Lipinski definition) is 3. The van der Waals surface area contributed by atoms with Crippen molar-refractivity contribution in [2.45, 2.75) is 424 Å². The summed E-state index contributed by atoms with van der Waals surface area (Å²) in [5, 5.41) is 23.2. The monoisotopic (exact) mass is 1150 g/mol. The van der Waals surface area contributed by atoms with E-state index in [1.54, 1.807) is 6.08 Å². The molecule has 0 aromatic rings. The predicted molar refractivity (Wildman–Crippen MR) is 361 cm³/mol. The number of aliphatic hydroxyl groups is 2. The Morgan fingerprint density at radius 1 is 0.329 bits per heavy atom. The van der Waals surface area contributed by atoms with Gasteiger partial charge in [-0.2, -0.15) is 0 Å². The van der Waals surface area contributed by atoms with Crippen LogP contribution in [0.2, 0.25) is 0 Å². The van der Waals surface area contributed by atoms with E-state index in [0.29, 0.717) is 19.4 Å². The molecule has 0 rings (SSSR count). The minimum atomic E-state index is -0.844. The van der Waals surface area contributed by atoms with Crippen LogP contribution in [0.15, 0.2) is 36.5 Å². The number of hydrogen-bond acceptors (Lipinski definition) is 5. The Kier molecular flexibility index (Phi) is 69.9. The van der Waals surface area contributed by atoms with Gasteiger partial charge in [0.1, 0.15) is 0 Å². The number of allylic oxidation sites excluding steroid dienone is 5. The van der Waals surface area contributed by atoms with Crippen molar-refractivity contribution in [1.82, 2.24) is 5.32 Å². The Morgan fingerprint density at radius 3 is 0.866 bits per heavy atom. The van der Waals surface area contributed by atoms with E-state index in [9.17, 15) is 19.8 Å². The van der Waals surface area contributed by atoms with Crippen molar-refractivity contribution in [3.05, 3.63) is 36.5 Å². The first kappa shape index (κ1) is 80.1. The van der Waals surface area contributed by atoms with Crippen molar-refractivity contribution in [3.8, 4) is 0 Å². The molecule has 6 nitrogen and oxygen atoms in total. The fourth-order valence-corrected chi connectivity index (χ4v) is 11.7. The summed E-state index contributed by atoms with van der Waals surface area (Å²) in [6, 6.07) is -0.627. The normalized spacial score (nSPS) is 12.7. The summed E-state index contributed by atoms with van der Waals surface area (Å²) in [7, 11) is 0. The van der Waals surface area contributed by atoms with E-state index in [4.69, 9.17) is 4.74 Å². The van der Waals surface area contributed by atoms with Gasteiger partial charge in [0.2, 0.25) is 5.91 Å². The van der Waals surface area contributed by atoms with Gasteiger partial charge in [0.05, 0.1) is 25.4 Å². The zero-order chi connectivity index (χ0) is 59.2. The minimum Gasteiger partial charge on any atom is -0.466 e. The Hall–Kier alpha value is -1.92. The van der Waals surface area contributed by atoms with Crippen molar-refractivity contribution in [2.75, 3.05) is 13.2 Å². The van der Waals surface area contributed by atoms with E-state index in [-0.39, 0.29) is 18.5 Å². The average molecular weight is 1150 g/mol. The van der Waals surface area contributed by atoms with E-state index in [0.717, 1.165) is 38.5 Å². The predicted octanol–water partition coefficient (Wildman–Crippen LogP) is 24.3. The number of amides is 1. The molecule has 2 unspecified atom stereocenters. The molecule has 0 fully saturated rings. The maximum Gasteiger partial charge on any atom is 0.305 e. The summed E-state index contributed by atoms with van der Waals surface area (Å²) in [5.74, 6) is -0.0468. The highest BCUT2D eigenvalue weighted by Gasteiger charge is 2.18. The summed E-state index contributed by atoms with van der Waals surface area (Å²) >= 11 is 0. The molecule has 0 saturated carbocycles. The highest BCUT2D eigenvalue weighted by Crippen LogP contribution is 2.19. The molecule has 0 saturated heterocycles. The van der Waals surface area contributed by atoms with Crippen LogP contribution in [0.3, 0.4) is 0 Å². The lowest BCUT2D eigenvalue weighted by molar-refractivity contribution is -0.143.